The summed E-state index contributed by atoms with van der Waals surface area (Å²) in [5.74, 6) is -1.73. The smallest absolute Gasteiger partial charge is 0.341 e. The Bertz CT molecular complexity index is 575. The number of carboxylic acids is 1. The molecule has 0 saturated heterocycles. The van der Waals surface area contributed by atoms with Crippen molar-refractivity contribution in [3.63, 3.8) is 0 Å². The lowest BCUT2D eigenvalue weighted by Crippen LogP contribution is -2.15. The van der Waals surface area contributed by atoms with Gasteiger partial charge in [-0.2, -0.15) is 5.10 Å². The molecule has 0 fully saturated rings. The molecule has 0 aliphatic heterocycles. The summed E-state index contributed by atoms with van der Waals surface area (Å²) in [5, 5.41) is 18.8. The van der Waals surface area contributed by atoms with Gasteiger partial charge in [0.25, 0.3) is 5.91 Å². The molecule has 0 spiro atoms. The Morgan fingerprint density at radius 2 is 2.29 bits per heavy atom. The third-order valence-electron chi connectivity index (χ3n) is 1.86. The minimum absolute atomic E-state index is 0.00840. The maximum atomic E-state index is 11.6. The fourth-order valence-corrected chi connectivity index (χ4v) is 1.66. The Labute approximate surface area is 98.5 Å². The second kappa shape index (κ2) is 4.22. The highest BCUT2D eigenvalue weighted by molar-refractivity contribution is 7.13. The highest BCUT2D eigenvalue weighted by atomic mass is 32.1. The molecule has 0 bridgehead atoms. The Kier molecular flexibility index (Phi) is 2.75. The van der Waals surface area contributed by atoms with Crippen molar-refractivity contribution in [1.29, 1.82) is 0 Å². The number of rotatable bonds is 3. The van der Waals surface area contributed by atoms with Crippen LogP contribution in [0, 0.1) is 0 Å². The zero-order chi connectivity index (χ0) is 12.4. The number of aromatic nitrogens is 3. The van der Waals surface area contributed by atoms with Gasteiger partial charge in [-0.25, -0.2) is 9.78 Å². The SMILES string of the molecule is Nc1nc(C(=O)Nc2[nH]ncc2C(=O)O)cs1. The van der Waals surface area contributed by atoms with Crippen molar-refractivity contribution in [2.75, 3.05) is 11.1 Å². The summed E-state index contributed by atoms with van der Waals surface area (Å²) in [7, 11) is 0. The van der Waals surface area contributed by atoms with E-state index in [-0.39, 0.29) is 22.2 Å². The average molecular weight is 253 g/mol. The van der Waals surface area contributed by atoms with Crippen molar-refractivity contribution in [2.24, 2.45) is 0 Å². The fourth-order valence-electron chi connectivity index (χ4n) is 1.11. The van der Waals surface area contributed by atoms with Crippen LogP contribution >= 0.6 is 11.3 Å². The number of hydrogen-bond donors (Lipinski definition) is 4. The predicted octanol–water partition coefficient (Wildman–Crippen LogP) is 0.399. The predicted molar refractivity (Wildman–Crippen MR) is 60.0 cm³/mol. The molecule has 17 heavy (non-hydrogen) atoms. The van der Waals surface area contributed by atoms with Gasteiger partial charge in [-0.3, -0.25) is 9.89 Å². The molecule has 0 radical (unpaired) electrons. The van der Waals surface area contributed by atoms with Crippen LogP contribution in [0.1, 0.15) is 20.8 Å². The summed E-state index contributed by atoms with van der Waals surface area (Å²) in [6.07, 6.45) is 1.10. The number of hydrogen-bond acceptors (Lipinski definition) is 6. The van der Waals surface area contributed by atoms with Crippen LogP contribution in [0.5, 0.6) is 0 Å². The molecule has 88 valence electrons. The number of H-pyrrole nitrogens is 1. The van der Waals surface area contributed by atoms with E-state index < -0.39 is 11.9 Å². The van der Waals surface area contributed by atoms with Crippen LogP contribution in [0.25, 0.3) is 0 Å². The fraction of sp³-hybridized carbons (Fsp3) is 0. The molecule has 0 saturated carbocycles. The van der Waals surface area contributed by atoms with Gasteiger partial charge in [0.15, 0.2) is 5.13 Å². The maximum absolute atomic E-state index is 11.6. The minimum atomic E-state index is -1.19. The number of nitrogens with zero attached hydrogens (tertiary/aromatic N) is 2. The molecule has 0 aliphatic rings. The van der Waals surface area contributed by atoms with E-state index in [0.29, 0.717) is 0 Å². The highest BCUT2D eigenvalue weighted by Gasteiger charge is 2.16. The second-order valence-corrected chi connectivity index (χ2v) is 3.88. The van der Waals surface area contributed by atoms with Gasteiger partial charge in [-0.1, -0.05) is 0 Å². The van der Waals surface area contributed by atoms with E-state index in [1.165, 1.54) is 5.38 Å². The van der Waals surface area contributed by atoms with E-state index in [1.54, 1.807) is 0 Å². The number of carbonyl (C=O) groups excluding carboxylic acids is 1. The minimum Gasteiger partial charge on any atom is -0.477 e. The number of nitrogens with one attached hydrogen (secondary N) is 2. The van der Waals surface area contributed by atoms with Crippen molar-refractivity contribution in [2.45, 2.75) is 0 Å². The number of nitrogens with two attached hydrogens (primary N) is 1. The molecule has 1 amide bonds. The van der Waals surface area contributed by atoms with Crippen molar-refractivity contribution in [1.82, 2.24) is 15.2 Å². The zero-order valence-corrected chi connectivity index (χ0v) is 9.11. The molecule has 2 heterocycles. The topological polar surface area (TPSA) is 134 Å². The van der Waals surface area contributed by atoms with Gasteiger partial charge in [0.1, 0.15) is 17.1 Å². The number of anilines is 2. The Morgan fingerprint density at radius 1 is 1.53 bits per heavy atom. The number of thiazole rings is 1. The normalized spacial score (nSPS) is 10.1. The summed E-state index contributed by atoms with van der Waals surface area (Å²) < 4.78 is 0. The molecule has 2 aromatic rings. The lowest BCUT2D eigenvalue weighted by atomic mass is 10.3. The number of nitrogen functional groups attached to an aromatic ring is 1. The van der Waals surface area contributed by atoms with E-state index in [9.17, 15) is 9.59 Å². The third-order valence-corrected chi connectivity index (χ3v) is 2.54. The van der Waals surface area contributed by atoms with Gasteiger partial charge in [0, 0.05) is 5.38 Å². The van der Waals surface area contributed by atoms with E-state index in [1.807, 2.05) is 0 Å². The Hall–Kier alpha value is -2.42. The lowest BCUT2D eigenvalue weighted by Gasteiger charge is -2.00. The molecule has 0 unspecified atom stereocenters. The molecule has 2 aromatic heterocycles. The average Bonchev–Trinajstić information content (AvgIpc) is 2.86. The lowest BCUT2D eigenvalue weighted by molar-refractivity contribution is 0.0698. The van der Waals surface area contributed by atoms with E-state index in [4.69, 9.17) is 10.8 Å². The molecule has 0 aromatic carbocycles. The standard InChI is InChI=1S/C8H7N5O3S/c9-8-11-4(2-17-8)6(14)12-5-3(7(15)16)1-10-13-5/h1-2H,(H2,9,11)(H,15,16)(H2,10,12,13,14). The van der Waals surface area contributed by atoms with Gasteiger partial charge < -0.3 is 16.2 Å². The van der Waals surface area contributed by atoms with Gasteiger partial charge in [-0.15, -0.1) is 11.3 Å². The second-order valence-electron chi connectivity index (χ2n) is 2.99. The van der Waals surface area contributed by atoms with Crippen LogP contribution in [0.4, 0.5) is 10.9 Å². The monoisotopic (exact) mass is 253 g/mol. The van der Waals surface area contributed by atoms with Gasteiger partial charge in [0.2, 0.25) is 0 Å². The van der Waals surface area contributed by atoms with Crippen LogP contribution in [0.2, 0.25) is 0 Å². The van der Waals surface area contributed by atoms with Gasteiger partial charge in [-0.05, 0) is 0 Å². The molecule has 0 aliphatic carbocycles. The number of aromatic carboxylic acids is 1. The number of carboxylic acid groups (broad SMARTS) is 1. The van der Waals surface area contributed by atoms with Crippen molar-refractivity contribution >= 4 is 34.2 Å². The number of carbonyl (C=O) groups is 2. The molecule has 5 N–H and O–H groups in total. The van der Waals surface area contributed by atoms with Crippen LogP contribution in [0.3, 0.4) is 0 Å². The zero-order valence-electron chi connectivity index (χ0n) is 8.30. The molecule has 8 nitrogen and oxygen atoms in total. The molecular formula is C8H7N5O3S. The van der Waals surface area contributed by atoms with E-state index in [2.05, 4.69) is 20.5 Å². The summed E-state index contributed by atoms with van der Waals surface area (Å²) in [6, 6.07) is 0. The van der Waals surface area contributed by atoms with Crippen molar-refractivity contribution in [3.8, 4) is 0 Å². The summed E-state index contributed by atoms with van der Waals surface area (Å²) in [5.41, 5.74) is 5.38. The Morgan fingerprint density at radius 3 is 2.88 bits per heavy atom. The van der Waals surface area contributed by atoms with Crippen molar-refractivity contribution < 1.29 is 14.7 Å². The Balaban J connectivity index is 2.18. The summed E-state index contributed by atoms with van der Waals surface area (Å²) >= 11 is 1.12. The highest BCUT2D eigenvalue weighted by Crippen LogP contribution is 2.15. The largest absolute Gasteiger partial charge is 0.477 e. The van der Waals surface area contributed by atoms with Crippen LogP contribution in [0.15, 0.2) is 11.6 Å². The first kappa shape index (κ1) is 11.1. The van der Waals surface area contributed by atoms with Crippen molar-refractivity contribution in [3.05, 3.63) is 22.8 Å². The quantitative estimate of drug-likeness (QED) is 0.625. The maximum Gasteiger partial charge on any atom is 0.341 e. The summed E-state index contributed by atoms with van der Waals surface area (Å²) in [6.45, 7) is 0. The first-order valence-corrected chi connectivity index (χ1v) is 5.25. The summed E-state index contributed by atoms with van der Waals surface area (Å²) in [4.78, 5) is 26.2. The van der Waals surface area contributed by atoms with E-state index >= 15 is 0 Å². The van der Waals surface area contributed by atoms with E-state index in [0.717, 1.165) is 17.5 Å². The third kappa shape index (κ3) is 2.23. The molecule has 0 atom stereocenters. The van der Waals surface area contributed by atoms with Gasteiger partial charge in [0.05, 0.1) is 6.20 Å². The molecular weight excluding hydrogens is 246 g/mol. The first-order valence-electron chi connectivity index (χ1n) is 4.37. The van der Waals surface area contributed by atoms with Crippen LogP contribution in [-0.4, -0.2) is 32.2 Å². The van der Waals surface area contributed by atoms with Crippen LogP contribution < -0.4 is 11.1 Å². The number of aromatic amines is 1. The van der Waals surface area contributed by atoms with Gasteiger partial charge >= 0.3 is 5.97 Å². The number of amides is 1. The molecule has 9 heteroatoms. The first-order chi connectivity index (χ1) is 8.08. The van der Waals surface area contributed by atoms with Crippen LogP contribution in [-0.2, 0) is 0 Å². The molecule has 2 rings (SSSR count).